The lowest BCUT2D eigenvalue weighted by Gasteiger charge is -2.38. The highest BCUT2D eigenvalue weighted by Gasteiger charge is 2.24. The average molecular weight is 535 g/mol. The number of nitriles is 1. The predicted octanol–water partition coefficient (Wildman–Crippen LogP) is 6.79. The van der Waals surface area contributed by atoms with Gasteiger partial charge in [0.05, 0.1) is 26.8 Å². The molecular formula is C28H25Cl2FN6. The van der Waals surface area contributed by atoms with E-state index in [2.05, 4.69) is 44.3 Å². The van der Waals surface area contributed by atoms with E-state index in [0.29, 0.717) is 38.9 Å². The fourth-order valence-corrected chi connectivity index (χ4v) is 5.25. The maximum atomic E-state index is 13.7. The molecule has 1 aliphatic heterocycles. The summed E-state index contributed by atoms with van der Waals surface area (Å²) in [6.07, 6.45) is 7.24. The highest BCUT2D eigenvalue weighted by Crippen LogP contribution is 2.37. The molecule has 1 N–H and O–H groups in total. The van der Waals surface area contributed by atoms with E-state index in [1.807, 2.05) is 24.4 Å². The van der Waals surface area contributed by atoms with E-state index in [1.165, 1.54) is 23.9 Å². The lowest BCUT2D eigenvalue weighted by molar-refractivity contribution is 0.203. The van der Waals surface area contributed by atoms with Crippen molar-refractivity contribution in [1.29, 1.82) is 5.26 Å². The quantitative estimate of drug-likeness (QED) is 0.293. The molecule has 0 radical (unpaired) electrons. The molecule has 1 aliphatic rings. The van der Waals surface area contributed by atoms with Crippen LogP contribution in [0.25, 0.3) is 10.9 Å². The summed E-state index contributed by atoms with van der Waals surface area (Å²) in [7, 11) is 2.08. The van der Waals surface area contributed by atoms with Crippen LogP contribution in [0.15, 0.2) is 61.1 Å². The van der Waals surface area contributed by atoms with Crippen LogP contribution in [0.2, 0.25) is 10.0 Å². The van der Waals surface area contributed by atoms with Gasteiger partial charge in [-0.25, -0.2) is 4.39 Å². The molecule has 0 aliphatic carbocycles. The Bertz CT molecular complexity index is 1470. The maximum Gasteiger partial charge on any atom is 0.141 e. The lowest BCUT2D eigenvalue weighted by atomic mass is 10.0. The maximum absolute atomic E-state index is 13.7. The minimum atomic E-state index is -0.509. The number of halogens is 3. The van der Waals surface area contributed by atoms with E-state index in [0.717, 1.165) is 38.2 Å². The molecule has 0 bridgehead atoms. The molecule has 2 aromatic carbocycles. The Morgan fingerprint density at radius 1 is 1.14 bits per heavy atom. The molecule has 0 spiro atoms. The standard InChI is InChI=1S/C28H25Cl2FN6/c1-36(21-6-9-37(10-7-21)17-18-3-2-8-33-15-18)22-12-23-27(35-20-4-5-26(31)24(29)11-20)19(14-32)16-34-28(23)25(30)13-22/h2-5,8,11-13,15-16,21H,6-7,9-10,17H2,1H3,(H,34,35). The van der Waals surface area contributed by atoms with Gasteiger partial charge < -0.3 is 10.2 Å². The summed E-state index contributed by atoms with van der Waals surface area (Å²) in [4.78, 5) is 13.4. The molecule has 37 heavy (non-hydrogen) atoms. The van der Waals surface area contributed by atoms with Gasteiger partial charge in [-0.05, 0) is 54.8 Å². The Morgan fingerprint density at radius 2 is 1.95 bits per heavy atom. The Morgan fingerprint density at radius 3 is 2.65 bits per heavy atom. The number of rotatable bonds is 6. The van der Waals surface area contributed by atoms with E-state index >= 15 is 0 Å². The van der Waals surface area contributed by atoms with Crippen LogP contribution in [0, 0.1) is 17.1 Å². The van der Waals surface area contributed by atoms with Crippen LogP contribution in [-0.2, 0) is 6.54 Å². The second-order valence-electron chi connectivity index (χ2n) is 9.22. The summed E-state index contributed by atoms with van der Waals surface area (Å²) in [5.74, 6) is -0.509. The van der Waals surface area contributed by atoms with Crippen molar-refractivity contribution in [3.8, 4) is 6.07 Å². The summed E-state index contributed by atoms with van der Waals surface area (Å²) in [5.41, 5.74) is 4.22. The van der Waals surface area contributed by atoms with Crippen LogP contribution < -0.4 is 10.2 Å². The Hall–Kier alpha value is -3.44. The zero-order chi connectivity index (χ0) is 25.9. The fraction of sp³-hybridized carbons (Fsp3) is 0.250. The first kappa shape index (κ1) is 25.2. The van der Waals surface area contributed by atoms with Crippen LogP contribution >= 0.6 is 23.2 Å². The van der Waals surface area contributed by atoms with Crippen molar-refractivity contribution in [3.63, 3.8) is 0 Å². The number of likely N-dealkylation sites (tertiary alicyclic amines) is 1. The minimum Gasteiger partial charge on any atom is -0.371 e. The van der Waals surface area contributed by atoms with Crippen molar-refractivity contribution in [2.75, 3.05) is 30.4 Å². The third kappa shape index (κ3) is 5.47. The second-order valence-corrected chi connectivity index (χ2v) is 10.0. The number of nitrogens with one attached hydrogen (secondary N) is 1. The fourth-order valence-electron chi connectivity index (χ4n) is 4.81. The average Bonchev–Trinajstić information content (AvgIpc) is 2.91. The summed E-state index contributed by atoms with van der Waals surface area (Å²) in [6, 6.07) is 14.9. The van der Waals surface area contributed by atoms with Crippen molar-refractivity contribution in [3.05, 3.63) is 88.0 Å². The Kier molecular flexibility index (Phi) is 7.43. The SMILES string of the molecule is CN(c1cc(Cl)c2ncc(C#N)c(Nc3ccc(F)c(Cl)c3)c2c1)C1CCN(Cc2cccnc2)CC1. The third-order valence-corrected chi connectivity index (χ3v) is 7.44. The zero-order valence-electron chi connectivity index (χ0n) is 20.3. The van der Waals surface area contributed by atoms with E-state index in [9.17, 15) is 9.65 Å². The summed E-state index contributed by atoms with van der Waals surface area (Å²) in [5, 5.41) is 14.2. The molecule has 188 valence electrons. The Balaban J connectivity index is 1.41. The van der Waals surface area contributed by atoms with Gasteiger partial charge in [0.25, 0.3) is 0 Å². The van der Waals surface area contributed by atoms with Crippen LogP contribution in [0.1, 0.15) is 24.0 Å². The number of piperidine rings is 1. The van der Waals surface area contributed by atoms with Gasteiger partial charge in [-0.15, -0.1) is 0 Å². The van der Waals surface area contributed by atoms with Crippen molar-refractivity contribution >= 4 is 51.2 Å². The number of aromatic nitrogens is 2. The van der Waals surface area contributed by atoms with Crippen molar-refractivity contribution < 1.29 is 4.39 Å². The molecule has 0 saturated carbocycles. The molecule has 1 fully saturated rings. The molecular weight excluding hydrogens is 510 g/mol. The molecule has 3 heterocycles. The van der Waals surface area contributed by atoms with Crippen LogP contribution in [-0.4, -0.2) is 41.0 Å². The number of anilines is 3. The molecule has 4 aromatic rings. The van der Waals surface area contributed by atoms with Gasteiger partial charge in [-0.1, -0.05) is 29.3 Å². The first-order valence-corrected chi connectivity index (χ1v) is 12.8. The predicted molar refractivity (Wildman–Crippen MR) is 147 cm³/mol. The lowest BCUT2D eigenvalue weighted by Crippen LogP contribution is -2.43. The van der Waals surface area contributed by atoms with Gasteiger partial charge in [-0.3, -0.25) is 14.9 Å². The highest BCUT2D eigenvalue weighted by atomic mass is 35.5. The number of hydrogen-bond donors (Lipinski definition) is 1. The topological polar surface area (TPSA) is 68.1 Å². The van der Waals surface area contributed by atoms with Gasteiger partial charge in [0.1, 0.15) is 11.9 Å². The van der Waals surface area contributed by atoms with Gasteiger partial charge in [0.15, 0.2) is 0 Å². The molecule has 0 unspecified atom stereocenters. The number of nitrogens with zero attached hydrogens (tertiary/aromatic N) is 5. The normalized spacial score (nSPS) is 14.5. The molecule has 0 amide bonds. The molecule has 2 aromatic heterocycles. The van der Waals surface area contributed by atoms with E-state index in [1.54, 1.807) is 12.3 Å². The van der Waals surface area contributed by atoms with E-state index in [4.69, 9.17) is 23.2 Å². The van der Waals surface area contributed by atoms with Crippen molar-refractivity contribution in [1.82, 2.24) is 14.9 Å². The van der Waals surface area contributed by atoms with Crippen LogP contribution in [0.3, 0.4) is 0 Å². The smallest absolute Gasteiger partial charge is 0.141 e. The highest BCUT2D eigenvalue weighted by molar-refractivity contribution is 6.36. The largest absolute Gasteiger partial charge is 0.371 e. The first-order chi connectivity index (χ1) is 17.9. The molecule has 5 rings (SSSR count). The Labute approximate surface area is 225 Å². The zero-order valence-corrected chi connectivity index (χ0v) is 21.8. The van der Waals surface area contributed by atoms with Gasteiger partial charge in [0, 0.05) is 68.1 Å². The number of fused-ring (bicyclic) bond motifs is 1. The first-order valence-electron chi connectivity index (χ1n) is 12.0. The van der Waals surface area contributed by atoms with Crippen molar-refractivity contribution in [2.45, 2.75) is 25.4 Å². The van der Waals surface area contributed by atoms with Crippen LogP contribution in [0.4, 0.5) is 21.5 Å². The number of hydrogen-bond acceptors (Lipinski definition) is 6. The van der Waals surface area contributed by atoms with Gasteiger partial charge in [0.2, 0.25) is 0 Å². The minimum absolute atomic E-state index is 0.00445. The van der Waals surface area contributed by atoms with Gasteiger partial charge >= 0.3 is 0 Å². The summed E-state index contributed by atoms with van der Waals surface area (Å²) < 4.78 is 13.7. The monoisotopic (exact) mass is 534 g/mol. The summed E-state index contributed by atoms with van der Waals surface area (Å²) >= 11 is 12.7. The number of benzene rings is 2. The van der Waals surface area contributed by atoms with Gasteiger partial charge in [-0.2, -0.15) is 5.26 Å². The molecule has 1 saturated heterocycles. The summed E-state index contributed by atoms with van der Waals surface area (Å²) in [6.45, 7) is 2.88. The van der Waals surface area contributed by atoms with E-state index in [-0.39, 0.29) is 5.02 Å². The number of pyridine rings is 2. The van der Waals surface area contributed by atoms with Crippen LogP contribution in [0.5, 0.6) is 0 Å². The van der Waals surface area contributed by atoms with E-state index < -0.39 is 5.82 Å². The van der Waals surface area contributed by atoms with Crippen molar-refractivity contribution in [2.24, 2.45) is 0 Å². The molecule has 0 atom stereocenters. The molecule has 6 nitrogen and oxygen atoms in total. The molecule has 9 heteroatoms. The third-order valence-electron chi connectivity index (χ3n) is 6.86. The second kappa shape index (κ2) is 10.9.